The van der Waals surface area contributed by atoms with E-state index in [0.29, 0.717) is 19.0 Å². The molecule has 1 heterocycles. The van der Waals surface area contributed by atoms with Crippen molar-refractivity contribution in [2.24, 2.45) is 0 Å². The summed E-state index contributed by atoms with van der Waals surface area (Å²) in [5.41, 5.74) is 1.00. The van der Waals surface area contributed by atoms with E-state index in [1.807, 2.05) is 37.3 Å². The van der Waals surface area contributed by atoms with Crippen molar-refractivity contribution in [2.75, 3.05) is 6.61 Å². The van der Waals surface area contributed by atoms with Gasteiger partial charge < -0.3 is 14.5 Å². The van der Waals surface area contributed by atoms with Crippen molar-refractivity contribution < 1.29 is 9.15 Å². The molecule has 0 radical (unpaired) electrons. The third kappa shape index (κ3) is 3.84. The molecule has 1 N–H and O–H groups in total. The highest BCUT2D eigenvalue weighted by atomic mass is 16.5. The number of rotatable bonds is 7. The summed E-state index contributed by atoms with van der Waals surface area (Å²) in [6.45, 7) is 3.27. The number of hydrogen-bond donors (Lipinski definition) is 1. The topological polar surface area (TPSA) is 71.1 Å². The fourth-order valence-corrected chi connectivity index (χ4v) is 1.80. The molecule has 0 saturated heterocycles. The molecule has 2 aromatic rings. The molecule has 0 unspecified atom stereocenters. The molecule has 0 spiro atoms. The van der Waals surface area contributed by atoms with E-state index < -0.39 is 0 Å². The fourth-order valence-electron chi connectivity index (χ4n) is 1.80. The number of nitrogens with one attached hydrogen (secondary N) is 1. The third-order valence-electron chi connectivity index (χ3n) is 2.81. The Morgan fingerprint density at radius 1 is 1.35 bits per heavy atom. The number of aromatic nitrogens is 1. The fraction of sp³-hybridized carbons (Fsp3) is 0.333. The average Bonchev–Trinajstić information content (AvgIpc) is 2.94. The van der Waals surface area contributed by atoms with Crippen LogP contribution in [0, 0.1) is 11.3 Å². The van der Waals surface area contributed by atoms with E-state index in [2.05, 4.69) is 10.3 Å². The van der Waals surface area contributed by atoms with E-state index in [1.165, 1.54) is 0 Å². The molecular formula is C15H17N3O2. The Kier molecular flexibility index (Phi) is 5.15. The summed E-state index contributed by atoms with van der Waals surface area (Å²) in [6, 6.07) is 9.62. The van der Waals surface area contributed by atoms with Crippen LogP contribution in [0.1, 0.15) is 24.1 Å². The second kappa shape index (κ2) is 7.31. The summed E-state index contributed by atoms with van der Waals surface area (Å²) in [4.78, 5) is 4.19. The van der Waals surface area contributed by atoms with Crippen LogP contribution < -0.4 is 10.1 Å². The molecule has 1 aromatic carbocycles. The first kappa shape index (κ1) is 14.1. The van der Waals surface area contributed by atoms with E-state index in [1.54, 1.807) is 6.20 Å². The molecule has 0 fully saturated rings. The van der Waals surface area contributed by atoms with Crippen molar-refractivity contribution in [3.05, 3.63) is 47.7 Å². The molecule has 1 aromatic heterocycles. The van der Waals surface area contributed by atoms with Crippen LogP contribution in [0.15, 0.2) is 34.9 Å². The second-order valence-electron chi connectivity index (χ2n) is 4.23. The van der Waals surface area contributed by atoms with Crippen molar-refractivity contribution in [3.63, 3.8) is 0 Å². The maximum atomic E-state index is 8.56. The van der Waals surface area contributed by atoms with Crippen molar-refractivity contribution in [3.8, 4) is 11.8 Å². The summed E-state index contributed by atoms with van der Waals surface area (Å²) in [5.74, 6) is 2.29. The van der Waals surface area contributed by atoms with Gasteiger partial charge in [0.05, 0.1) is 12.7 Å². The number of benzene rings is 1. The van der Waals surface area contributed by atoms with Crippen molar-refractivity contribution >= 4 is 0 Å². The highest BCUT2D eigenvalue weighted by Gasteiger charge is 2.05. The average molecular weight is 271 g/mol. The van der Waals surface area contributed by atoms with Crippen LogP contribution in [0.4, 0.5) is 0 Å². The quantitative estimate of drug-likeness (QED) is 0.837. The number of para-hydroxylation sites is 1. The minimum absolute atomic E-state index is 0.0522. The molecule has 5 nitrogen and oxygen atoms in total. The van der Waals surface area contributed by atoms with Crippen molar-refractivity contribution in [1.29, 1.82) is 5.26 Å². The maximum absolute atomic E-state index is 8.56. The highest BCUT2D eigenvalue weighted by molar-refractivity contribution is 5.33. The highest BCUT2D eigenvalue weighted by Crippen LogP contribution is 2.17. The van der Waals surface area contributed by atoms with Gasteiger partial charge in [0.25, 0.3) is 0 Å². The molecule has 0 atom stereocenters. The molecule has 20 heavy (non-hydrogen) atoms. The number of aryl methyl sites for hydroxylation is 1. The Morgan fingerprint density at radius 3 is 2.95 bits per heavy atom. The summed E-state index contributed by atoms with van der Waals surface area (Å²) in [5, 5.41) is 11.8. The molecule has 2 rings (SSSR count). The second-order valence-corrected chi connectivity index (χ2v) is 4.23. The van der Waals surface area contributed by atoms with Gasteiger partial charge in [0.1, 0.15) is 17.6 Å². The van der Waals surface area contributed by atoms with E-state index >= 15 is 0 Å². The lowest BCUT2D eigenvalue weighted by molar-refractivity contribution is 0.361. The molecule has 0 saturated carbocycles. The number of oxazole rings is 1. The van der Waals surface area contributed by atoms with Gasteiger partial charge in [-0.3, -0.25) is 0 Å². The molecule has 0 bridgehead atoms. The lowest BCUT2D eigenvalue weighted by Crippen LogP contribution is -2.13. The van der Waals surface area contributed by atoms with Gasteiger partial charge in [-0.2, -0.15) is 5.26 Å². The molecule has 0 aliphatic carbocycles. The Labute approximate surface area is 118 Å². The number of nitriles is 1. The Bertz CT molecular complexity index is 587. The van der Waals surface area contributed by atoms with Gasteiger partial charge in [-0.25, -0.2) is 4.98 Å². The van der Waals surface area contributed by atoms with E-state index in [4.69, 9.17) is 14.4 Å². The van der Waals surface area contributed by atoms with Gasteiger partial charge in [-0.1, -0.05) is 25.1 Å². The van der Waals surface area contributed by atoms with E-state index in [-0.39, 0.29) is 6.61 Å². The van der Waals surface area contributed by atoms with Gasteiger partial charge in [0.15, 0.2) is 6.61 Å². The smallest absolute Gasteiger partial charge is 0.208 e. The minimum Gasteiger partial charge on any atom is -0.478 e. The van der Waals surface area contributed by atoms with Crippen molar-refractivity contribution in [1.82, 2.24) is 10.3 Å². The molecule has 5 heteroatoms. The number of ether oxygens (including phenoxy) is 1. The van der Waals surface area contributed by atoms with E-state index in [0.717, 1.165) is 23.5 Å². The van der Waals surface area contributed by atoms with Gasteiger partial charge >= 0.3 is 0 Å². The first-order chi connectivity index (χ1) is 9.83. The van der Waals surface area contributed by atoms with Crippen LogP contribution in [-0.2, 0) is 19.5 Å². The zero-order valence-electron chi connectivity index (χ0n) is 11.4. The molecule has 0 aliphatic rings. The summed E-state index contributed by atoms with van der Waals surface area (Å²) in [7, 11) is 0. The zero-order valence-corrected chi connectivity index (χ0v) is 11.4. The van der Waals surface area contributed by atoms with Gasteiger partial charge in [-0.15, -0.1) is 0 Å². The molecule has 104 valence electrons. The first-order valence-electron chi connectivity index (χ1n) is 6.55. The lowest BCUT2D eigenvalue weighted by atomic mass is 10.2. The largest absolute Gasteiger partial charge is 0.478 e. The molecule has 0 aliphatic heterocycles. The van der Waals surface area contributed by atoms with Crippen molar-refractivity contribution in [2.45, 2.75) is 26.4 Å². The first-order valence-corrected chi connectivity index (χ1v) is 6.55. The summed E-state index contributed by atoms with van der Waals surface area (Å²) in [6.07, 6.45) is 2.60. The number of nitrogens with zero attached hydrogens (tertiary/aromatic N) is 2. The Hall–Kier alpha value is -2.32. The molecular weight excluding hydrogens is 254 g/mol. The van der Waals surface area contributed by atoms with E-state index in [9.17, 15) is 0 Å². The van der Waals surface area contributed by atoms with Gasteiger partial charge in [-0.05, 0) is 6.07 Å². The zero-order chi connectivity index (χ0) is 14.2. The molecule has 0 amide bonds. The monoisotopic (exact) mass is 271 g/mol. The Balaban J connectivity index is 1.89. The van der Waals surface area contributed by atoms with Gasteiger partial charge in [0, 0.05) is 18.5 Å². The summed E-state index contributed by atoms with van der Waals surface area (Å²) >= 11 is 0. The normalized spacial score (nSPS) is 10.2. The van der Waals surface area contributed by atoms with Crippen LogP contribution in [0.5, 0.6) is 5.75 Å². The third-order valence-corrected chi connectivity index (χ3v) is 2.81. The van der Waals surface area contributed by atoms with Gasteiger partial charge in [0.2, 0.25) is 5.89 Å². The maximum Gasteiger partial charge on any atom is 0.208 e. The van der Waals surface area contributed by atoms with Crippen LogP contribution in [-0.4, -0.2) is 11.6 Å². The standard InChI is InChI=1S/C15H17N3O2/c1-2-13-10-18-15(20-13)11-17-9-12-5-3-4-6-14(12)19-8-7-16/h3-6,10,17H,2,8-9,11H2,1H3. The van der Waals surface area contributed by atoms with Crippen LogP contribution in [0.25, 0.3) is 0 Å². The van der Waals surface area contributed by atoms with Crippen LogP contribution in [0.2, 0.25) is 0 Å². The van der Waals surface area contributed by atoms with Crippen LogP contribution in [0.3, 0.4) is 0 Å². The lowest BCUT2D eigenvalue weighted by Gasteiger charge is -2.09. The Morgan fingerprint density at radius 2 is 2.20 bits per heavy atom. The summed E-state index contributed by atoms with van der Waals surface area (Å²) < 4.78 is 10.9. The SMILES string of the molecule is CCc1cnc(CNCc2ccccc2OCC#N)o1. The predicted molar refractivity (Wildman–Crippen MR) is 74.0 cm³/mol. The minimum atomic E-state index is 0.0522. The number of hydrogen-bond acceptors (Lipinski definition) is 5. The predicted octanol–water partition coefficient (Wildman–Crippen LogP) is 2.43. The van der Waals surface area contributed by atoms with Crippen LogP contribution >= 0.6 is 0 Å².